The number of rotatable bonds is 13. The molecule has 5 nitrogen and oxygen atoms in total. The Morgan fingerprint density at radius 1 is 0.875 bits per heavy atom. The maximum Gasteiger partial charge on any atom is 0.240 e. The summed E-state index contributed by atoms with van der Waals surface area (Å²) in [5.74, 6) is 0.923. The summed E-state index contributed by atoms with van der Waals surface area (Å²) in [7, 11) is -0.500. The van der Waals surface area contributed by atoms with E-state index in [0.29, 0.717) is 18.0 Å². The summed E-state index contributed by atoms with van der Waals surface area (Å²) >= 11 is 0. The van der Waals surface area contributed by atoms with E-state index in [0.717, 1.165) is 12.8 Å². The van der Waals surface area contributed by atoms with E-state index in [1.54, 1.807) is 6.07 Å². The van der Waals surface area contributed by atoms with Gasteiger partial charge in [0.25, 0.3) is 0 Å². The first kappa shape index (κ1) is 20.8. The number of benzene rings is 1. The van der Waals surface area contributed by atoms with Gasteiger partial charge in [-0.2, -0.15) is 0 Å². The van der Waals surface area contributed by atoms with Crippen LogP contribution in [0.4, 0.5) is 0 Å². The Kier molecular flexibility index (Phi) is 9.79. The molecule has 0 radical (unpaired) electrons. The van der Waals surface area contributed by atoms with Crippen LogP contribution in [-0.4, -0.2) is 29.2 Å². The molecule has 1 aromatic rings. The van der Waals surface area contributed by atoms with E-state index < -0.39 is 10.0 Å². The Balaban J connectivity index is 2.36. The number of hydrogen-bond acceptors (Lipinski definition) is 4. The minimum atomic E-state index is -3.51. The van der Waals surface area contributed by atoms with Crippen molar-refractivity contribution in [1.82, 2.24) is 4.72 Å². The van der Waals surface area contributed by atoms with Crippen LogP contribution in [0.2, 0.25) is 0 Å². The van der Waals surface area contributed by atoms with Crippen molar-refractivity contribution in [2.24, 2.45) is 0 Å². The van der Waals surface area contributed by atoms with Gasteiger partial charge in [-0.3, -0.25) is 0 Å². The molecule has 0 aliphatic heterocycles. The highest BCUT2D eigenvalue weighted by molar-refractivity contribution is 7.89. The third-order valence-electron chi connectivity index (χ3n) is 3.99. The van der Waals surface area contributed by atoms with E-state index in [4.69, 9.17) is 9.47 Å². The molecule has 0 saturated heterocycles. The molecule has 0 fully saturated rings. The predicted molar refractivity (Wildman–Crippen MR) is 97.3 cm³/mol. The topological polar surface area (TPSA) is 64.6 Å². The lowest BCUT2D eigenvalue weighted by Gasteiger charge is -2.11. The van der Waals surface area contributed by atoms with Gasteiger partial charge in [-0.25, -0.2) is 13.1 Å². The lowest BCUT2D eigenvalue weighted by atomic mass is 10.1. The summed E-state index contributed by atoms with van der Waals surface area (Å²) in [6, 6.07) is 4.61. The van der Waals surface area contributed by atoms with Crippen molar-refractivity contribution < 1.29 is 17.9 Å². The molecule has 1 rings (SSSR count). The first-order chi connectivity index (χ1) is 11.5. The molecule has 24 heavy (non-hydrogen) atoms. The molecule has 0 aromatic heterocycles. The summed E-state index contributed by atoms with van der Waals surface area (Å²) in [4.78, 5) is 0.194. The summed E-state index contributed by atoms with van der Waals surface area (Å²) in [5, 5.41) is 0. The molecule has 0 unspecified atom stereocenters. The first-order valence-corrected chi connectivity index (χ1v) is 10.2. The average Bonchev–Trinajstić information content (AvgIpc) is 2.59. The van der Waals surface area contributed by atoms with Crippen molar-refractivity contribution in [1.29, 1.82) is 0 Å². The zero-order chi connectivity index (χ0) is 17.8. The third-order valence-corrected chi connectivity index (χ3v) is 5.45. The molecular weight excluding hydrogens is 326 g/mol. The van der Waals surface area contributed by atoms with Crippen LogP contribution in [0, 0.1) is 0 Å². The zero-order valence-electron chi connectivity index (χ0n) is 15.1. The monoisotopic (exact) mass is 357 g/mol. The smallest absolute Gasteiger partial charge is 0.240 e. The number of ether oxygens (including phenoxy) is 2. The maximum absolute atomic E-state index is 12.3. The third kappa shape index (κ3) is 7.09. The van der Waals surface area contributed by atoms with Crippen molar-refractivity contribution in [3.8, 4) is 11.5 Å². The van der Waals surface area contributed by atoms with Gasteiger partial charge in [0, 0.05) is 12.6 Å². The van der Waals surface area contributed by atoms with E-state index in [1.165, 1.54) is 64.9 Å². The quantitative estimate of drug-likeness (QED) is 0.539. The highest BCUT2D eigenvalue weighted by atomic mass is 32.2. The highest BCUT2D eigenvalue weighted by Gasteiger charge is 2.16. The van der Waals surface area contributed by atoms with E-state index in [1.807, 2.05) is 0 Å². The van der Waals surface area contributed by atoms with Crippen LogP contribution in [0.25, 0.3) is 0 Å². The molecule has 0 spiro atoms. The van der Waals surface area contributed by atoms with Crippen molar-refractivity contribution >= 4 is 10.0 Å². The van der Waals surface area contributed by atoms with Crippen molar-refractivity contribution in [3.05, 3.63) is 18.2 Å². The van der Waals surface area contributed by atoms with Crippen molar-refractivity contribution in [3.63, 3.8) is 0 Å². The Labute approximate surface area is 146 Å². The normalized spacial score (nSPS) is 11.5. The molecule has 1 aromatic carbocycles. The SMILES string of the molecule is CCCCCCCCCCNS(=O)(=O)c1ccc(OC)c(OC)c1. The van der Waals surface area contributed by atoms with Crippen LogP contribution < -0.4 is 14.2 Å². The van der Waals surface area contributed by atoms with Gasteiger partial charge in [-0.15, -0.1) is 0 Å². The van der Waals surface area contributed by atoms with Gasteiger partial charge in [0.2, 0.25) is 10.0 Å². The molecule has 0 aliphatic carbocycles. The van der Waals surface area contributed by atoms with Gasteiger partial charge in [0.1, 0.15) is 0 Å². The number of methoxy groups -OCH3 is 2. The molecule has 0 bridgehead atoms. The lowest BCUT2D eigenvalue weighted by molar-refractivity contribution is 0.354. The molecule has 0 aliphatic rings. The predicted octanol–water partition coefficient (Wildman–Crippen LogP) is 4.12. The molecule has 138 valence electrons. The Bertz CT molecular complexity index is 572. The number of unbranched alkanes of at least 4 members (excludes halogenated alkanes) is 7. The fourth-order valence-corrected chi connectivity index (χ4v) is 3.62. The van der Waals surface area contributed by atoms with Gasteiger partial charge in [-0.05, 0) is 18.6 Å². The number of hydrogen-bond donors (Lipinski definition) is 1. The molecule has 0 heterocycles. The van der Waals surface area contributed by atoms with Gasteiger partial charge in [0.15, 0.2) is 11.5 Å². The van der Waals surface area contributed by atoms with Crippen molar-refractivity contribution in [2.45, 2.75) is 63.2 Å². The van der Waals surface area contributed by atoms with Crippen LogP contribution in [0.5, 0.6) is 11.5 Å². The molecule has 0 atom stereocenters. The summed E-state index contributed by atoms with van der Waals surface area (Å²) < 4.78 is 37.5. The molecule has 0 amide bonds. The van der Waals surface area contributed by atoms with Gasteiger partial charge in [0.05, 0.1) is 19.1 Å². The Morgan fingerprint density at radius 3 is 2.04 bits per heavy atom. The molecule has 6 heteroatoms. The van der Waals surface area contributed by atoms with Crippen LogP contribution in [0.1, 0.15) is 58.3 Å². The molecule has 1 N–H and O–H groups in total. The molecule has 0 saturated carbocycles. The van der Waals surface area contributed by atoms with Crippen LogP contribution in [0.15, 0.2) is 23.1 Å². The van der Waals surface area contributed by atoms with Gasteiger partial charge in [-0.1, -0.05) is 51.9 Å². The standard InChI is InChI=1S/C18H31NO4S/c1-4-5-6-7-8-9-10-11-14-19-24(20,21)16-12-13-17(22-2)18(15-16)23-3/h12-13,15,19H,4-11,14H2,1-3H3. The van der Waals surface area contributed by atoms with Crippen LogP contribution in [-0.2, 0) is 10.0 Å². The van der Waals surface area contributed by atoms with E-state index >= 15 is 0 Å². The Morgan fingerprint density at radius 2 is 1.46 bits per heavy atom. The maximum atomic E-state index is 12.3. The summed E-state index contributed by atoms with van der Waals surface area (Å²) in [5.41, 5.74) is 0. The Hall–Kier alpha value is -1.27. The second kappa shape index (κ2) is 11.3. The second-order valence-electron chi connectivity index (χ2n) is 5.89. The van der Waals surface area contributed by atoms with E-state index in [9.17, 15) is 8.42 Å². The number of nitrogens with one attached hydrogen (secondary N) is 1. The van der Waals surface area contributed by atoms with Crippen LogP contribution in [0.3, 0.4) is 0 Å². The van der Waals surface area contributed by atoms with E-state index in [2.05, 4.69) is 11.6 Å². The zero-order valence-corrected chi connectivity index (χ0v) is 16.0. The highest BCUT2D eigenvalue weighted by Crippen LogP contribution is 2.29. The molecular formula is C18H31NO4S. The van der Waals surface area contributed by atoms with Gasteiger partial charge < -0.3 is 9.47 Å². The summed E-state index contributed by atoms with van der Waals surface area (Å²) in [6.07, 6.45) is 9.49. The first-order valence-electron chi connectivity index (χ1n) is 8.77. The average molecular weight is 358 g/mol. The largest absolute Gasteiger partial charge is 0.493 e. The lowest BCUT2D eigenvalue weighted by Crippen LogP contribution is -2.24. The second-order valence-corrected chi connectivity index (χ2v) is 7.66. The number of sulfonamides is 1. The minimum absolute atomic E-state index is 0.194. The minimum Gasteiger partial charge on any atom is -0.493 e. The van der Waals surface area contributed by atoms with Crippen molar-refractivity contribution in [2.75, 3.05) is 20.8 Å². The van der Waals surface area contributed by atoms with Crippen LogP contribution >= 0.6 is 0 Å². The summed E-state index contributed by atoms with van der Waals surface area (Å²) in [6.45, 7) is 2.68. The fraction of sp³-hybridized carbons (Fsp3) is 0.667. The fourth-order valence-electron chi connectivity index (χ4n) is 2.53. The van der Waals surface area contributed by atoms with Gasteiger partial charge >= 0.3 is 0 Å². The van der Waals surface area contributed by atoms with E-state index in [-0.39, 0.29) is 4.90 Å².